The molecule has 0 saturated heterocycles. The smallest absolute Gasteiger partial charge is 0.302 e. The summed E-state index contributed by atoms with van der Waals surface area (Å²) in [7, 11) is 0. The molecular formula is C21H34O2. The molecule has 0 aromatic heterocycles. The lowest BCUT2D eigenvalue weighted by atomic mass is 9.45. The molecule has 0 radical (unpaired) electrons. The Balaban J connectivity index is 1.59. The summed E-state index contributed by atoms with van der Waals surface area (Å²) in [6.45, 7) is 6.65. The van der Waals surface area contributed by atoms with Gasteiger partial charge in [0.15, 0.2) is 0 Å². The Morgan fingerprint density at radius 1 is 0.870 bits per heavy atom. The van der Waals surface area contributed by atoms with E-state index in [1.807, 2.05) is 0 Å². The van der Waals surface area contributed by atoms with Crippen LogP contribution < -0.4 is 0 Å². The van der Waals surface area contributed by atoms with E-state index in [1.165, 1.54) is 57.8 Å². The van der Waals surface area contributed by atoms with Gasteiger partial charge in [0.1, 0.15) is 6.10 Å². The Kier molecular flexibility index (Phi) is 3.81. The maximum Gasteiger partial charge on any atom is 0.302 e. The Labute approximate surface area is 141 Å². The fourth-order valence-corrected chi connectivity index (χ4v) is 7.64. The van der Waals surface area contributed by atoms with E-state index in [0.717, 1.165) is 30.1 Å². The molecule has 2 nitrogen and oxygen atoms in total. The first kappa shape index (κ1) is 16.0. The zero-order valence-corrected chi connectivity index (χ0v) is 15.3. The average molecular weight is 319 g/mol. The van der Waals surface area contributed by atoms with Crippen LogP contribution in [0.25, 0.3) is 0 Å². The van der Waals surface area contributed by atoms with Gasteiger partial charge in [0.2, 0.25) is 0 Å². The van der Waals surface area contributed by atoms with Gasteiger partial charge >= 0.3 is 5.97 Å². The molecular weight excluding hydrogens is 284 g/mol. The Hall–Kier alpha value is -0.530. The molecule has 7 atom stereocenters. The molecule has 0 spiro atoms. The summed E-state index contributed by atoms with van der Waals surface area (Å²) < 4.78 is 5.76. The first-order valence-corrected chi connectivity index (χ1v) is 10.1. The molecule has 0 heterocycles. The number of rotatable bonds is 1. The Morgan fingerprint density at radius 2 is 1.65 bits per heavy atom. The molecule has 4 aliphatic rings. The number of esters is 1. The molecule has 4 saturated carbocycles. The van der Waals surface area contributed by atoms with Crippen molar-refractivity contribution in [3.05, 3.63) is 0 Å². The minimum absolute atomic E-state index is 0.0815. The van der Waals surface area contributed by atoms with Crippen molar-refractivity contribution in [1.82, 2.24) is 0 Å². The second-order valence-electron chi connectivity index (χ2n) is 9.62. The molecule has 4 fully saturated rings. The number of carbonyl (C=O) groups is 1. The Bertz CT molecular complexity index is 486. The number of ether oxygens (including phenoxy) is 1. The van der Waals surface area contributed by atoms with Crippen molar-refractivity contribution in [2.24, 2.45) is 34.5 Å². The monoisotopic (exact) mass is 318 g/mol. The van der Waals surface area contributed by atoms with Crippen molar-refractivity contribution in [3.63, 3.8) is 0 Å². The van der Waals surface area contributed by atoms with Crippen LogP contribution in [0.4, 0.5) is 0 Å². The predicted molar refractivity (Wildman–Crippen MR) is 91.9 cm³/mol. The van der Waals surface area contributed by atoms with Crippen LogP contribution in [0.5, 0.6) is 0 Å². The summed E-state index contributed by atoms with van der Waals surface area (Å²) in [4.78, 5) is 11.5. The van der Waals surface area contributed by atoms with Crippen LogP contribution in [-0.2, 0) is 9.53 Å². The topological polar surface area (TPSA) is 26.3 Å². The lowest BCUT2D eigenvalue weighted by Gasteiger charge is -2.60. The van der Waals surface area contributed by atoms with Gasteiger partial charge < -0.3 is 4.74 Å². The first-order chi connectivity index (χ1) is 10.9. The third kappa shape index (κ3) is 2.30. The fraction of sp³-hybridized carbons (Fsp3) is 0.952. The summed E-state index contributed by atoms with van der Waals surface area (Å²) >= 11 is 0. The van der Waals surface area contributed by atoms with Crippen LogP contribution in [0.3, 0.4) is 0 Å². The average Bonchev–Trinajstić information content (AvgIpc) is 2.83. The zero-order valence-electron chi connectivity index (χ0n) is 15.3. The molecule has 23 heavy (non-hydrogen) atoms. The van der Waals surface area contributed by atoms with Crippen LogP contribution in [0.15, 0.2) is 0 Å². The molecule has 0 N–H and O–H groups in total. The molecule has 4 rings (SSSR count). The van der Waals surface area contributed by atoms with Crippen LogP contribution in [0.1, 0.15) is 85.0 Å². The number of hydrogen-bond donors (Lipinski definition) is 0. The van der Waals surface area contributed by atoms with Crippen LogP contribution in [-0.4, -0.2) is 12.1 Å². The molecule has 0 amide bonds. The number of fused-ring (bicyclic) bond motifs is 5. The molecule has 4 aliphatic carbocycles. The van der Waals surface area contributed by atoms with Crippen molar-refractivity contribution in [1.29, 1.82) is 0 Å². The summed E-state index contributed by atoms with van der Waals surface area (Å²) in [5.74, 6) is 3.55. The third-order valence-corrected chi connectivity index (χ3v) is 8.80. The van der Waals surface area contributed by atoms with E-state index in [9.17, 15) is 4.79 Å². The standard InChI is InChI=1S/C21H34O2/c1-14(22)23-19-10-9-17-16-8-7-15-6-4-5-12-20(15,2)18(16)11-13-21(17,19)3/h15-19H,4-13H2,1-3H3/t15-,16-,17+,18-,19+,20-,21-/m0/s1. The van der Waals surface area contributed by atoms with E-state index in [2.05, 4.69) is 13.8 Å². The Morgan fingerprint density at radius 3 is 2.43 bits per heavy atom. The highest BCUT2D eigenvalue weighted by molar-refractivity contribution is 5.66. The van der Waals surface area contributed by atoms with E-state index < -0.39 is 0 Å². The SMILES string of the molecule is CC(=O)O[C@@H]1CC[C@@H]2[C@@H]3CC[C@@H]4CCCC[C@]4(C)[C@H]3CC[C@@]21C. The lowest BCUT2D eigenvalue weighted by molar-refractivity contribution is -0.161. The normalized spacial score (nSPS) is 52.2. The molecule has 0 unspecified atom stereocenters. The molecule has 0 aromatic carbocycles. The van der Waals surface area contributed by atoms with Gasteiger partial charge in [-0.1, -0.05) is 26.7 Å². The molecule has 0 aliphatic heterocycles. The van der Waals surface area contributed by atoms with Gasteiger partial charge in [-0.3, -0.25) is 4.79 Å². The van der Waals surface area contributed by atoms with Gasteiger partial charge in [0, 0.05) is 12.3 Å². The van der Waals surface area contributed by atoms with Crippen molar-refractivity contribution in [2.75, 3.05) is 0 Å². The van der Waals surface area contributed by atoms with E-state index >= 15 is 0 Å². The summed E-state index contributed by atoms with van der Waals surface area (Å²) in [5, 5.41) is 0. The van der Waals surface area contributed by atoms with Crippen molar-refractivity contribution >= 4 is 5.97 Å². The summed E-state index contributed by atoms with van der Waals surface area (Å²) in [5.41, 5.74) is 0.868. The second kappa shape index (κ2) is 5.49. The zero-order chi connectivity index (χ0) is 16.2. The molecule has 0 bridgehead atoms. The van der Waals surface area contributed by atoms with Gasteiger partial charge in [-0.2, -0.15) is 0 Å². The van der Waals surface area contributed by atoms with Crippen molar-refractivity contribution in [2.45, 2.75) is 91.1 Å². The van der Waals surface area contributed by atoms with Crippen molar-refractivity contribution < 1.29 is 9.53 Å². The fourth-order valence-electron chi connectivity index (χ4n) is 7.64. The largest absolute Gasteiger partial charge is 0.462 e. The second-order valence-corrected chi connectivity index (χ2v) is 9.62. The van der Waals surface area contributed by atoms with Gasteiger partial charge in [0.25, 0.3) is 0 Å². The first-order valence-electron chi connectivity index (χ1n) is 10.1. The lowest BCUT2D eigenvalue weighted by Crippen LogP contribution is -2.53. The van der Waals surface area contributed by atoms with Crippen LogP contribution >= 0.6 is 0 Å². The van der Waals surface area contributed by atoms with E-state index in [0.29, 0.717) is 5.41 Å². The maximum atomic E-state index is 11.5. The predicted octanol–water partition coefficient (Wildman–Crippen LogP) is 5.35. The quantitative estimate of drug-likeness (QED) is 0.609. The van der Waals surface area contributed by atoms with E-state index in [-0.39, 0.29) is 17.5 Å². The number of carbonyl (C=O) groups excluding carboxylic acids is 1. The highest BCUT2D eigenvalue weighted by Crippen LogP contribution is 2.66. The van der Waals surface area contributed by atoms with Crippen LogP contribution in [0.2, 0.25) is 0 Å². The maximum absolute atomic E-state index is 11.5. The highest BCUT2D eigenvalue weighted by atomic mass is 16.5. The third-order valence-electron chi connectivity index (χ3n) is 8.80. The van der Waals surface area contributed by atoms with Gasteiger partial charge in [-0.05, 0) is 80.5 Å². The van der Waals surface area contributed by atoms with E-state index in [4.69, 9.17) is 4.74 Å². The van der Waals surface area contributed by atoms with E-state index in [1.54, 1.807) is 6.92 Å². The van der Waals surface area contributed by atoms with Crippen LogP contribution in [0, 0.1) is 34.5 Å². The molecule has 130 valence electrons. The minimum atomic E-state index is -0.0815. The highest BCUT2D eigenvalue weighted by Gasteiger charge is 2.60. The molecule has 0 aromatic rings. The minimum Gasteiger partial charge on any atom is -0.462 e. The summed E-state index contributed by atoms with van der Waals surface area (Å²) in [6, 6.07) is 0. The van der Waals surface area contributed by atoms with Gasteiger partial charge in [-0.15, -0.1) is 0 Å². The number of hydrogen-bond acceptors (Lipinski definition) is 2. The summed E-state index contributed by atoms with van der Waals surface area (Å²) in [6.07, 6.45) is 14.0. The van der Waals surface area contributed by atoms with Gasteiger partial charge in [0.05, 0.1) is 0 Å². The molecule has 2 heteroatoms. The van der Waals surface area contributed by atoms with Crippen molar-refractivity contribution in [3.8, 4) is 0 Å². The van der Waals surface area contributed by atoms with Gasteiger partial charge in [-0.25, -0.2) is 0 Å².